The molecule has 0 amide bonds. The van der Waals surface area contributed by atoms with Crippen molar-refractivity contribution in [3.63, 3.8) is 0 Å². The predicted molar refractivity (Wildman–Crippen MR) is 77.7 cm³/mol. The number of nitrogens with two attached hydrogens (primary N) is 1. The van der Waals surface area contributed by atoms with Gasteiger partial charge in [-0.3, -0.25) is 0 Å². The summed E-state index contributed by atoms with van der Waals surface area (Å²) in [4.78, 5) is 6.49. The summed E-state index contributed by atoms with van der Waals surface area (Å²) < 4.78 is 5.05. The van der Waals surface area contributed by atoms with E-state index in [1.54, 1.807) is 0 Å². The number of nitrogens with zero attached hydrogens (tertiary/aromatic N) is 3. The van der Waals surface area contributed by atoms with Crippen molar-refractivity contribution in [3.05, 3.63) is 40.5 Å². The molecule has 0 fully saturated rings. The van der Waals surface area contributed by atoms with Crippen molar-refractivity contribution in [2.45, 2.75) is 32.4 Å². The van der Waals surface area contributed by atoms with Crippen molar-refractivity contribution < 1.29 is 4.52 Å². The summed E-state index contributed by atoms with van der Waals surface area (Å²) in [5, 5.41) is 4.76. The molecule has 0 spiro atoms. The van der Waals surface area contributed by atoms with E-state index in [0.717, 1.165) is 17.3 Å². The van der Waals surface area contributed by atoms with Crippen LogP contribution in [0.2, 0.25) is 5.02 Å². The Bertz CT molecular complexity index is 638. The lowest BCUT2D eigenvalue weighted by molar-refractivity contribution is 0.374. The summed E-state index contributed by atoms with van der Waals surface area (Å²) in [6.45, 7) is 6.12. The van der Waals surface area contributed by atoms with Gasteiger partial charge in [-0.15, -0.1) is 0 Å². The molecule has 0 bridgehead atoms. The summed E-state index contributed by atoms with van der Waals surface area (Å²) in [5.74, 6) is 1.11. The molecule has 5 nitrogen and oxygen atoms in total. The molecule has 106 valence electrons. The molecule has 1 aliphatic rings. The van der Waals surface area contributed by atoms with E-state index in [1.807, 2.05) is 12.1 Å². The summed E-state index contributed by atoms with van der Waals surface area (Å²) >= 11 is 6.36. The van der Waals surface area contributed by atoms with Crippen LogP contribution >= 0.6 is 11.6 Å². The number of fused-ring (bicyclic) bond motifs is 1. The second-order valence-corrected chi connectivity index (χ2v) is 6.09. The molecule has 0 saturated carbocycles. The van der Waals surface area contributed by atoms with Crippen molar-refractivity contribution >= 4 is 17.3 Å². The van der Waals surface area contributed by atoms with Gasteiger partial charge < -0.3 is 15.2 Å². The van der Waals surface area contributed by atoms with Crippen molar-refractivity contribution in [2.75, 3.05) is 11.4 Å². The van der Waals surface area contributed by atoms with Crippen LogP contribution in [0.25, 0.3) is 0 Å². The molecule has 2 aromatic rings. The Morgan fingerprint density at radius 1 is 1.45 bits per heavy atom. The van der Waals surface area contributed by atoms with E-state index < -0.39 is 0 Å². The van der Waals surface area contributed by atoms with Crippen molar-refractivity contribution in [1.82, 2.24) is 10.1 Å². The van der Waals surface area contributed by atoms with Crippen LogP contribution in [-0.2, 0) is 18.5 Å². The first-order valence-corrected chi connectivity index (χ1v) is 6.94. The Hall–Kier alpha value is -1.59. The van der Waals surface area contributed by atoms with Crippen LogP contribution in [0.5, 0.6) is 0 Å². The maximum absolute atomic E-state index is 6.36. The Balaban J connectivity index is 1.92. The molecule has 20 heavy (non-hydrogen) atoms. The Kier molecular flexibility index (Phi) is 3.18. The van der Waals surface area contributed by atoms with Gasteiger partial charge in [-0.05, 0) is 12.1 Å². The predicted octanol–water partition coefficient (Wildman–Crippen LogP) is 2.48. The van der Waals surface area contributed by atoms with Gasteiger partial charge in [0.25, 0.3) is 0 Å². The second kappa shape index (κ2) is 4.75. The summed E-state index contributed by atoms with van der Waals surface area (Å²) in [6, 6.07) is 5.99. The van der Waals surface area contributed by atoms with Gasteiger partial charge in [0.05, 0.1) is 13.1 Å². The van der Waals surface area contributed by atoms with Crippen LogP contribution in [0.3, 0.4) is 0 Å². The lowest BCUT2D eigenvalue weighted by Gasteiger charge is -2.21. The maximum atomic E-state index is 6.36. The van der Waals surface area contributed by atoms with Gasteiger partial charge >= 0.3 is 0 Å². The molecule has 0 saturated heterocycles. The Morgan fingerprint density at radius 3 is 2.95 bits per heavy atom. The monoisotopic (exact) mass is 292 g/mol. The Labute approximate surface area is 122 Å². The van der Waals surface area contributed by atoms with E-state index in [2.05, 4.69) is 35.0 Å². The smallest absolute Gasteiger partial charge is 0.240 e. The molecule has 0 atom stereocenters. The van der Waals surface area contributed by atoms with Crippen LogP contribution < -0.4 is 10.6 Å². The maximum Gasteiger partial charge on any atom is 0.240 e. The minimum atomic E-state index is 0.00805. The van der Waals surface area contributed by atoms with E-state index in [-0.39, 0.29) is 12.0 Å². The average molecular weight is 293 g/mol. The fraction of sp³-hybridized carbons (Fsp3) is 0.429. The SMILES string of the molecule is CC1(C)CN(Cc2noc(CN)n2)c2cccc(Cl)c21. The molecule has 0 aliphatic carbocycles. The van der Waals surface area contributed by atoms with Crippen LogP contribution in [0.15, 0.2) is 22.7 Å². The highest BCUT2D eigenvalue weighted by Gasteiger charge is 2.37. The fourth-order valence-electron chi connectivity index (χ4n) is 2.84. The van der Waals surface area contributed by atoms with Gasteiger partial charge in [-0.1, -0.05) is 36.7 Å². The molecule has 6 heteroatoms. The van der Waals surface area contributed by atoms with Crippen LogP contribution in [0.1, 0.15) is 31.1 Å². The lowest BCUT2D eigenvalue weighted by atomic mass is 9.87. The Morgan fingerprint density at radius 2 is 2.25 bits per heavy atom. The zero-order valence-corrected chi connectivity index (χ0v) is 12.3. The largest absolute Gasteiger partial charge is 0.363 e. The number of rotatable bonds is 3. The molecule has 0 unspecified atom stereocenters. The minimum Gasteiger partial charge on any atom is -0.363 e. The zero-order valence-electron chi connectivity index (χ0n) is 11.6. The summed E-state index contributed by atoms with van der Waals surface area (Å²) in [7, 11) is 0. The minimum absolute atomic E-state index is 0.00805. The average Bonchev–Trinajstić information content (AvgIpc) is 2.94. The molecule has 2 N–H and O–H groups in total. The van der Waals surface area contributed by atoms with E-state index in [0.29, 0.717) is 18.3 Å². The molecular formula is C14H17ClN4O. The first-order valence-electron chi connectivity index (χ1n) is 6.57. The first-order chi connectivity index (χ1) is 9.51. The molecule has 0 radical (unpaired) electrons. The molecule has 1 aromatic heterocycles. The lowest BCUT2D eigenvalue weighted by Crippen LogP contribution is -2.28. The highest BCUT2D eigenvalue weighted by molar-refractivity contribution is 6.32. The van der Waals surface area contributed by atoms with E-state index in [4.69, 9.17) is 21.9 Å². The molecule has 1 aromatic carbocycles. The van der Waals surface area contributed by atoms with Crippen LogP contribution in [-0.4, -0.2) is 16.7 Å². The van der Waals surface area contributed by atoms with E-state index in [9.17, 15) is 0 Å². The van der Waals surface area contributed by atoms with Crippen molar-refractivity contribution in [3.8, 4) is 0 Å². The van der Waals surface area contributed by atoms with Gasteiger partial charge in [0.2, 0.25) is 5.89 Å². The van der Waals surface area contributed by atoms with Crippen LogP contribution in [0, 0.1) is 0 Å². The quantitative estimate of drug-likeness (QED) is 0.941. The third-order valence-electron chi connectivity index (χ3n) is 3.61. The van der Waals surface area contributed by atoms with E-state index >= 15 is 0 Å². The summed E-state index contributed by atoms with van der Waals surface area (Å²) in [6.07, 6.45) is 0. The number of hydrogen-bond donors (Lipinski definition) is 1. The van der Waals surface area contributed by atoms with Gasteiger partial charge in [0.15, 0.2) is 5.82 Å². The zero-order chi connectivity index (χ0) is 14.3. The van der Waals surface area contributed by atoms with Crippen molar-refractivity contribution in [1.29, 1.82) is 0 Å². The van der Waals surface area contributed by atoms with Crippen LogP contribution in [0.4, 0.5) is 5.69 Å². The van der Waals surface area contributed by atoms with Crippen molar-refractivity contribution in [2.24, 2.45) is 5.73 Å². The molecule has 1 aliphatic heterocycles. The number of aromatic nitrogens is 2. The molecule has 2 heterocycles. The second-order valence-electron chi connectivity index (χ2n) is 5.68. The standard InChI is InChI=1S/C14H17ClN4O/c1-14(2)8-19(7-11-17-12(6-16)20-18-11)10-5-3-4-9(15)13(10)14/h3-5H,6-8,16H2,1-2H3. The third kappa shape index (κ3) is 2.17. The number of anilines is 1. The van der Waals surface area contributed by atoms with Gasteiger partial charge in [0.1, 0.15) is 0 Å². The topological polar surface area (TPSA) is 68.2 Å². The highest BCUT2D eigenvalue weighted by atomic mass is 35.5. The van der Waals surface area contributed by atoms with Gasteiger partial charge in [0, 0.05) is 28.2 Å². The van der Waals surface area contributed by atoms with Gasteiger partial charge in [-0.2, -0.15) is 4.98 Å². The molecular weight excluding hydrogens is 276 g/mol. The highest BCUT2D eigenvalue weighted by Crippen LogP contribution is 2.44. The summed E-state index contributed by atoms with van der Waals surface area (Å²) in [5.41, 5.74) is 7.82. The molecule has 3 rings (SSSR count). The number of benzene rings is 1. The number of hydrogen-bond acceptors (Lipinski definition) is 5. The first kappa shape index (κ1) is 13.4. The normalized spacial score (nSPS) is 16.5. The fourth-order valence-corrected chi connectivity index (χ4v) is 3.26. The number of halogens is 1. The third-order valence-corrected chi connectivity index (χ3v) is 3.93. The van der Waals surface area contributed by atoms with E-state index in [1.165, 1.54) is 5.56 Å². The van der Waals surface area contributed by atoms with Gasteiger partial charge in [-0.25, -0.2) is 0 Å².